The minimum absolute atomic E-state index is 0.0557. The number of nitriles is 1. The Hall–Kier alpha value is -1.57. The standard InChI is InChI=1S/C15H10BrClFNO/c16-13-6-10(7-17)2-4-15(13)20-9-12-5-11(8-19)1-3-14(12)18/h1-6H,7,9H2. The zero-order chi connectivity index (χ0) is 14.5. The van der Waals surface area contributed by atoms with Gasteiger partial charge in [-0.2, -0.15) is 5.26 Å². The molecule has 0 aliphatic carbocycles. The smallest absolute Gasteiger partial charge is 0.134 e. The zero-order valence-corrected chi connectivity index (χ0v) is 12.7. The summed E-state index contributed by atoms with van der Waals surface area (Å²) in [6.07, 6.45) is 0. The van der Waals surface area contributed by atoms with Crippen LogP contribution in [0, 0.1) is 17.1 Å². The van der Waals surface area contributed by atoms with E-state index in [1.165, 1.54) is 18.2 Å². The fourth-order valence-corrected chi connectivity index (χ4v) is 2.36. The molecule has 0 amide bonds. The summed E-state index contributed by atoms with van der Waals surface area (Å²) in [6.45, 7) is 0.0557. The van der Waals surface area contributed by atoms with Crippen LogP contribution in [0.1, 0.15) is 16.7 Å². The van der Waals surface area contributed by atoms with E-state index in [4.69, 9.17) is 21.6 Å². The molecule has 0 bridgehead atoms. The van der Waals surface area contributed by atoms with E-state index in [0.29, 0.717) is 22.8 Å². The van der Waals surface area contributed by atoms with Gasteiger partial charge in [0.1, 0.15) is 18.2 Å². The summed E-state index contributed by atoms with van der Waals surface area (Å²) in [4.78, 5) is 0. The lowest BCUT2D eigenvalue weighted by Gasteiger charge is -2.10. The first-order valence-electron chi connectivity index (χ1n) is 5.79. The predicted molar refractivity (Wildman–Crippen MR) is 79.1 cm³/mol. The third-order valence-corrected chi connectivity index (χ3v) is 3.64. The first-order valence-corrected chi connectivity index (χ1v) is 7.12. The van der Waals surface area contributed by atoms with Crippen molar-refractivity contribution in [1.29, 1.82) is 5.26 Å². The Morgan fingerprint density at radius 1 is 1.25 bits per heavy atom. The van der Waals surface area contributed by atoms with Gasteiger partial charge in [0.25, 0.3) is 0 Å². The fourth-order valence-electron chi connectivity index (χ4n) is 1.65. The number of hydrogen-bond acceptors (Lipinski definition) is 2. The quantitative estimate of drug-likeness (QED) is 0.740. The average Bonchev–Trinajstić information content (AvgIpc) is 2.47. The van der Waals surface area contributed by atoms with Crippen molar-refractivity contribution in [3.63, 3.8) is 0 Å². The van der Waals surface area contributed by atoms with E-state index in [2.05, 4.69) is 15.9 Å². The van der Waals surface area contributed by atoms with Gasteiger partial charge < -0.3 is 4.74 Å². The van der Waals surface area contributed by atoms with Crippen LogP contribution in [0.2, 0.25) is 0 Å². The van der Waals surface area contributed by atoms with Crippen LogP contribution in [-0.4, -0.2) is 0 Å². The maximum atomic E-state index is 13.6. The van der Waals surface area contributed by atoms with Crippen molar-refractivity contribution >= 4 is 27.5 Å². The highest BCUT2D eigenvalue weighted by Crippen LogP contribution is 2.27. The fraction of sp³-hybridized carbons (Fsp3) is 0.133. The number of alkyl halides is 1. The number of nitrogens with zero attached hydrogens (tertiary/aromatic N) is 1. The highest BCUT2D eigenvalue weighted by atomic mass is 79.9. The Morgan fingerprint density at radius 3 is 2.70 bits per heavy atom. The largest absolute Gasteiger partial charge is 0.488 e. The van der Waals surface area contributed by atoms with Crippen molar-refractivity contribution in [2.75, 3.05) is 0 Å². The molecule has 0 N–H and O–H groups in total. The average molecular weight is 355 g/mol. The molecule has 0 spiro atoms. The maximum Gasteiger partial charge on any atom is 0.134 e. The molecule has 20 heavy (non-hydrogen) atoms. The van der Waals surface area contributed by atoms with Crippen LogP contribution >= 0.6 is 27.5 Å². The molecule has 0 saturated heterocycles. The van der Waals surface area contributed by atoms with Gasteiger partial charge >= 0.3 is 0 Å². The lowest BCUT2D eigenvalue weighted by Crippen LogP contribution is -2.00. The van der Waals surface area contributed by atoms with Crippen molar-refractivity contribution in [1.82, 2.24) is 0 Å². The minimum Gasteiger partial charge on any atom is -0.488 e. The van der Waals surface area contributed by atoms with E-state index in [1.54, 1.807) is 6.07 Å². The van der Waals surface area contributed by atoms with Gasteiger partial charge in [-0.15, -0.1) is 11.6 Å². The molecular formula is C15H10BrClFNO. The Labute approximate surface area is 129 Å². The molecule has 0 aliphatic heterocycles. The van der Waals surface area contributed by atoms with Crippen molar-refractivity contribution in [2.24, 2.45) is 0 Å². The molecule has 2 aromatic carbocycles. The molecule has 0 heterocycles. The maximum absolute atomic E-state index is 13.6. The molecule has 0 unspecified atom stereocenters. The van der Waals surface area contributed by atoms with Crippen molar-refractivity contribution < 1.29 is 9.13 Å². The highest BCUT2D eigenvalue weighted by Gasteiger charge is 2.07. The van der Waals surface area contributed by atoms with Gasteiger partial charge in [-0.3, -0.25) is 0 Å². The summed E-state index contributed by atoms with van der Waals surface area (Å²) >= 11 is 9.11. The molecule has 5 heteroatoms. The van der Waals surface area contributed by atoms with Gasteiger partial charge in [0, 0.05) is 11.4 Å². The Morgan fingerprint density at radius 2 is 2.05 bits per heavy atom. The van der Waals surface area contributed by atoms with E-state index in [1.807, 2.05) is 18.2 Å². The summed E-state index contributed by atoms with van der Waals surface area (Å²) in [7, 11) is 0. The number of halogens is 3. The molecule has 0 saturated carbocycles. The first-order chi connectivity index (χ1) is 9.63. The summed E-state index contributed by atoms with van der Waals surface area (Å²) in [6, 6.07) is 11.6. The second-order valence-electron chi connectivity index (χ2n) is 4.11. The van der Waals surface area contributed by atoms with E-state index < -0.39 is 5.82 Å². The van der Waals surface area contributed by atoms with Gasteiger partial charge in [0.15, 0.2) is 0 Å². The SMILES string of the molecule is N#Cc1ccc(F)c(COc2ccc(CCl)cc2Br)c1. The number of ether oxygens (including phenoxy) is 1. The van der Waals surface area contributed by atoms with E-state index in [0.717, 1.165) is 10.0 Å². The topological polar surface area (TPSA) is 33.0 Å². The first kappa shape index (κ1) is 14.8. The monoisotopic (exact) mass is 353 g/mol. The Balaban J connectivity index is 2.15. The van der Waals surface area contributed by atoms with Crippen LogP contribution in [0.3, 0.4) is 0 Å². The third kappa shape index (κ3) is 3.50. The summed E-state index contributed by atoms with van der Waals surface area (Å²) < 4.78 is 19.9. The molecular weight excluding hydrogens is 345 g/mol. The van der Waals surface area contributed by atoms with Gasteiger partial charge in [-0.1, -0.05) is 6.07 Å². The molecule has 2 aromatic rings. The lowest BCUT2D eigenvalue weighted by atomic mass is 10.1. The molecule has 0 atom stereocenters. The minimum atomic E-state index is -0.391. The van der Waals surface area contributed by atoms with Crippen LogP contribution in [-0.2, 0) is 12.5 Å². The zero-order valence-electron chi connectivity index (χ0n) is 10.4. The van der Waals surface area contributed by atoms with E-state index in [-0.39, 0.29) is 6.61 Å². The summed E-state index contributed by atoms with van der Waals surface area (Å²) in [5, 5.41) is 8.81. The van der Waals surface area contributed by atoms with Crippen LogP contribution in [0.15, 0.2) is 40.9 Å². The van der Waals surface area contributed by atoms with Crippen LogP contribution < -0.4 is 4.74 Å². The van der Waals surface area contributed by atoms with Crippen molar-refractivity contribution in [3.8, 4) is 11.8 Å². The third-order valence-electron chi connectivity index (χ3n) is 2.71. The molecule has 2 nitrogen and oxygen atoms in total. The summed E-state index contributed by atoms with van der Waals surface area (Å²) in [5.41, 5.74) is 1.71. The predicted octanol–water partition coefficient (Wildman–Crippen LogP) is 4.78. The van der Waals surface area contributed by atoms with Gasteiger partial charge in [0.2, 0.25) is 0 Å². The van der Waals surface area contributed by atoms with Gasteiger partial charge in [-0.25, -0.2) is 4.39 Å². The summed E-state index contributed by atoms with van der Waals surface area (Å²) in [5.74, 6) is 0.621. The lowest BCUT2D eigenvalue weighted by molar-refractivity contribution is 0.298. The number of hydrogen-bond donors (Lipinski definition) is 0. The second kappa shape index (κ2) is 6.74. The van der Waals surface area contributed by atoms with Crippen molar-refractivity contribution in [2.45, 2.75) is 12.5 Å². The van der Waals surface area contributed by atoms with E-state index >= 15 is 0 Å². The Kier molecular flexibility index (Phi) is 4.99. The van der Waals surface area contributed by atoms with E-state index in [9.17, 15) is 4.39 Å². The second-order valence-corrected chi connectivity index (χ2v) is 5.23. The number of benzene rings is 2. The van der Waals surface area contributed by atoms with Crippen LogP contribution in [0.4, 0.5) is 4.39 Å². The molecule has 0 radical (unpaired) electrons. The molecule has 0 aromatic heterocycles. The Bertz CT molecular complexity index is 669. The van der Waals surface area contributed by atoms with Gasteiger partial charge in [-0.05, 0) is 51.8 Å². The molecule has 0 fully saturated rings. The molecule has 0 aliphatic rings. The van der Waals surface area contributed by atoms with Crippen LogP contribution in [0.5, 0.6) is 5.75 Å². The normalized spacial score (nSPS) is 10.1. The highest BCUT2D eigenvalue weighted by molar-refractivity contribution is 9.10. The number of rotatable bonds is 4. The van der Waals surface area contributed by atoms with Crippen LogP contribution in [0.25, 0.3) is 0 Å². The molecule has 2 rings (SSSR count). The van der Waals surface area contributed by atoms with Crippen molar-refractivity contribution in [3.05, 3.63) is 63.4 Å². The molecule has 102 valence electrons. The van der Waals surface area contributed by atoms with Gasteiger partial charge in [0.05, 0.1) is 16.1 Å².